The van der Waals surface area contributed by atoms with E-state index >= 15 is 0 Å². The van der Waals surface area contributed by atoms with Gasteiger partial charge in [0.1, 0.15) is 29.8 Å². The lowest BCUT2D eigenvalue weighted by Gasteiger charge is -2.47. The summed E-state index contributed by atoms with van der Waals surface area (Å²) in [6.07, 6.45) is 5.77. The summed E-state index contributed by atoms with van der Waals surface area (Å²) in [5.41, 5.74) is 3.02. The van der Waals surface area contributed by atoms with Crippen LogP contribution < -0.4 is 25.6 Å². The average Bonchev–Trinajstić information content (AvgIpc) is 3.50. The zero-order chi connectivity index (χ0) is 43.7. The predicted molar refractivity (Wildman–Crippen MR) is 233 cm³/mol. The van der Waals surface area contributed by atoms with Crippen molar-refractivity contribution in [3.05, 3.63) is 89.5 Å². The number of amides is 5. The van der Waals surface area contributed by atoms with Crippen LogP contribution >= 0.6 is 11.6 Å². The minimum Gasteiger partial charge on any atom is -0.491 e. The lowest BCUT2D eigenvalue weighted by atomic mass is 9.94. The van der Waals surface area contributed by atoms with Crippen LogP contribution in [0.4, 0.5) is 27.3 Å². The SMILES string of the molecule is C=CC(=O)Nc1cc2c(Nc3ccc(F)c(Cl)c3)ncnc2cc1OCCCN1CCC(CN2C(C)CN(c3ccc4c(c3)C(=O)N(C3CCC(=O)NC3=O)C4=O)CC2C)CC1. The summed E-state index contributed by atoms with van der Waals surface area (Å²) in [5.74, 6) is -1.45. The standard InChI is InChI=1S/C45H49ClFN9O6/c1-4-40(57)51-37-20-33-36(48-25-49-42(33)50-29-6-9-35(47)34(46)18-29)21-39(37)62-17-5-14-53-15-12-28(13-16-53)24-55-26(2)22-54(23-27(55)3)30-7-8-31-32(19-30)45(61)56(44(31)60)38-10-11-41(58)52-43(38)59/h4,6-9,18-21,25-28,38H,1,5,10-17,22-24H2,2-3H3,(H,51,57)(H,48,49,50)(H,52,58,59). The molecule has 3 atom stereocenters. The number of likely N-dealkylation sites (tertiary alicyclic amines) is 1. The number of hydrogen-bond donors (Lipinski definition) is 3. The Labute approximate surface area is 363 Å². The Morgan fingerprint density at radius 3 is 2.47 bits per heavy atom. The molecule has 5 heterocycles. The summed E-state index contributed by atoms with van der Waals surface area (Å²) in [7, 11) is 0. The molecule has 15 nitrogen and oxygen atoms in total. The highest BCUT2D eigenvalue weighted by molar-refractivity contribution is 6.31. The summed E-state index contributed by atoms with van der Waals surface area (Å²) < 4.78 is 20.0. The number of nitrogens with one attached hydrogen (secondary N) is 3. The highest BCUT2D eigenvalue weighted by Gasteiger charge is 2.45. The predicted octanol–water partition coefficient (Wildman–Crippen LogP) is 5.77. The van der Waals surface area contributed by atoms with E-state index in [0.717, 1.165) is 69.1 Å². The van der Waals surface area contributed by atoms with Crippen LogP contribution in [0.5, 0.6) is 5.75 Å². The van der Waals surface area contributed by atoms with Gasteiger partial charge >= 0.3 is 0 Å². The third-order valence-corrected chi connectivity index (χ3v) is 12.6. The number of fused-ring (bicyclic) bond motifs is 2. The largest absolute Gasteiger partial charge is 0.491 e. The fourth-order valence-electron chi connectivity index (χ4n) is 9.04. The molecule has 0 radical (unpaired) electrons. The van der Waals surface area contributed by atoms with Crippen LogP contribution in [0.2, 0.25) is 5.02 Å². The van der Waals surface area contributed by atoms with Gasteiger partial charge in [0.05, 0.1) is 34.0 Å². The molecule has 62 heavy (non-hydrogen) atoms. The van der Waals surface area contributed by atoms with Crippen LogP contribution in [0, 0.1) is 11.7 Å². The highest BCUT2D eigenvalue weighted by atomic mass is 35.5. The molecule has 3 fully saturated rings. The van der Waals surface area contributed by atoms with Gasteiger partial charge in [0.2, 0.25) is 17.7 Å². The number of ether oxygens (including phenoxy) is 1. The normalized spacial score (nSPS) is 21.3. The van der Waals surface area contributed by atoms with E-state index < -0.39 is 41.4 Å². The number of piperazine rings is 1. The topological polar surface area (TPSA) is 169 Å². The van der Waals surface area contributed by atoms with Crippen molar-refractivity contribution in [1.82, 2.24) is 30.0 Å². The Kier molecular flexibility index (Phi) is 12.5. The Balaban J connectivity index is 0.817. The number of aromatic nitrogens is 2. The zero-order valence-electron chi connectivity index (χ0n) is 34.7. The van der Waals surface area contributed by atoms with Gasteiger partial charge in [-0.2, -0.15) is 0 Å². The van der Waals surface area contributed by atoms with Crippen LogP contribution in [0.15, 0.2) is 67.5 Å². The third-order valence-electron chi connectivity index (χ3n) is 12.3. The molecule has 3 aromatic carbocycles. The molecule has 1 aromatic heterocycles. The van der Waals surface area contributed by atoms with Crippen LogP contribution in [0.3, 0.4) is 0 Å². The van der Waals surface area contributed by atoms with Gasteiger partial charge in [-0.3, -0.25) is 39.1 Å². The number of rotatable bonds is 13. The number of imide groups is 2. The molecule has 8 rings (SSSR count). The number of benzene rings is 3. The number of halogens is 2. The van der Waals surface area contributed by atoms with E-state index in [-0.39, 0.29) is 35.5 Å². The number of carbonyl (C=O) groups is 5. The summed E-state index contributed by atoms with van der Waals surface area (Å²) in [6, 6.07) is 12.7. The first-order valence-corrected chi connectivity index (χ1v) is 21.4. The molecule has 5 amide bonds. The molecule has 0 aliphatic carbocycles. The van der Waals surface area contributed by atoms with Crippen molar-refractivity contribution in [2.24, 2.45) is 5.92 Å². The molecule has 4 aliphatic heterocycles. The molecule has 4 aliphatic rings. The maximum atomic E-state index is 13.8. The van der Waals surface area contributed by atoms with E-state index in [1.807, 2.05) is 6.07 Å². The maximum absolute atomic E-state index is 13.8. The molecule has 4 aromatic rings. The Hall–Kier alpha value is -5.97. The van der Waals surface area contributed by atoms with Crippen molar-refractivity contribution in [3.8, 4) is 5.75 Å². The second-order valence-electron chi connectivity index (χ2n) is 16.5. The van der Waals surface area contributed by atoms with Crippen LogP contribution in [-0.2, 0) is 14.4 Å². The van der Waals surface area contributed by atoms with Gasteiger partial charge in [-0.05, 0) is 107 Å². The summed E-state index contributed by atoms with van der Waals surface area (Å²) in [4.78, 5) is 80.4. The summed E-state index contributed by atoms with van der Waals surface area (Å²) >= 11 is 5.99. The van der Waals surface area contributed by atoms with E-state index in [4.69, 9.17) is 16.3 Å². The van der Waals surface area contributed by atoms with Crippen molar-refractivity contribution in [2.45, 2.75) is 64.1 Å². The monoisotopic (exact) mass is 865 g/mol. The van der Waals surface area contributed by atoms with Crippen molar-refractivity contribution >= 4 is 74.9 Å². The number of nitrogens with zero attached hydrogens (tertiary/aromatic N) is 6. The van der Waals surface area contributed by atoms with Gasteiger partial charge in [-0.25, -0.2) is 14.4 Å². The molecule has 3 saturated heterocycles. The number of piperidine rings is 2. The van der Waals surface area contributed by atoms with Crippen molar-refractivity contribution in [2.75, 3.05) is 61.4 Å². The third kappa shape index (κ3) is 8.99. The van der Waals surface area contributed by atoms with Gasteiger partial charge in [-0.15, -0.1) is 0 Å². The fourth-order valence-corrected chi connectivity index (χ4v) is 9.22. The molecule has 0 bridgehead atoms. The van der Waals surface area contributed by atoms with E-state index in [0.29, 0.717) is 51.9 Å². The number of carbonyl (C=O) groups excluding carboxylic acids is 5. The molecular formula is C45H49ClFN9O6. The smallest absolute Gasteiger partial charge is 0.262 e. The first-order chi connectivity index (χ1) is 29.9. The highest BCUT2D eigenvalue weighted by Crippen LogP contribution is 2.35. The van der Waals surface area contributed by atoms with Crippen LogP contribution in [-0.4, -0.2) is 118 Å². The molecular weight excluding hydrogens is 817 g/mol. The Morgan fingerprint density at radius 1 is 0.984 bits per heavy atom. The van der Waals surface area contributed by atoms with E-state index in [9.17, 15) is 28.4 Å². The Bertz CT molecular complexity index is 2430. The fraction of sp³-hybridized carbons (Fsp3) is 0.400. The van der Waals surface area contributed by atoms with Crippen molar-refractivity contribution < 1.29 is 33.1 Å². The minimum absolute atomic E-state index is 0.0248. The van der Waals surface area contributed by atoms with Gasteiger partial charge < -0.3 is 25.2 Å². The van der Waals surface area contributed by atoms with Crippen LogP contribution in [0.25, 0.3) is 10.9 Å². The number of hydrogen-bond acceptors (Lipinski definition) is 12. The van der Waals surface area contributed by atoms with Gasteiger partial charge in [0.25, 0.3) is 11.8 Å². The maximum Gasteiger partial charge on any atom is 0.262 e. The first-order valence-electron chi connectivity index (χ1n) is 21.0. The van der Waals surface area contributed by atoms with Gasteiger partial charge in [0.15, 0.2) is 0 Å². The van der Waals surface area contributed by atoms with Crippen molar-refractivity contribution in [1.29, 1.82) is 0 Å². The summed E-state index contributed by atoms with van der Waals surface area (Å²) in [6.45, 7) is 13.9. The molecule has 17 heteroatoms. The van der Waals surface area contributed by atoms with E-state index in [1.54, 1.807) is 30.3 Å². The minimum atomic E-state index is -0.990. The quantitative estimate of drug-likeness (QED) is 0.0844. The molecule has 324 valence electrons. The lowest BCUT2D eigenvalue weighted by Crippen LogP contribution is -2.58. The average molecular weight is 866 g/mol. The zero-order valence-corrected chi connectivity index (χ0v) is 35.4. The van der Waals surface area contributed by atoms with Crippen LogP contribution in [0.1, 0.15) is 66.7 Å². The first kappa shape index (κ1) is 42.7. The molecule has 3 unspecified atom stereocenters. The van der Waals surface area contributed by atoms with Gasteiger partial charge in [0, 0.05) is 67.5 Å². The van der Waals surface area contributed by atoms with E-state index in [2.05, 4.69) is 61.0 Å². The summed E-state index contributed by atoms with van der Waals surface area (Å²) in [5, 5.41) is 8.83. The van der Waals surface area contributed by atoms with Crippen molar-refractivity contribution in [3.63, 3.8) is 0 Å². The second kappa shape index (κ2) is 18.2. The van der Waals surface area contributed by atoms with E-state index in [1.165, 1.54) is 24.5 Å². The van der Waals surface area contributed by atoms with Gasteiger partial charge in [-0.1, -0.05) is 18.2 Å². The Morgan fingerprint density at radius 2 is 1.74 bits per heavy atom. The number of anilines is 4. The lowest BCUT2D eigenvalue weighted by molar-refractivity contribution is -0.136. The molecule has 0 spiro atoms. The second-order valence-corrected chi connectivity index (χ2v) is 16.9. The molecule has 3 N–H and O–H groups in total. The molecule has 0 saturated carbocycles.